The van der Waals surface area contributed by atoms with Gasteiger partial charge in [-0.2, -0.15) is 5.10 Å². The van der Waals surface area contributed by atoms with Gasteiger partial charge in [-0.3, -0.25) is 4.79 Å². The number of nitrogens with zero attached hydrogens (tertiary/aromatic N) is 5. The first-order valence-corrected chi connectivity index (χ1v) is 10.7. The van der Waals surface area contributed by atoms with Crippen LogP contribution >= 0.6 is 11.3 Å². The summed E-state index contributed by atoms with van der Waals surface area (Å²) in [5.74, 6) is 1.10. The highest BCUT2D eigenvalue weighted by Crippen LogP contribution is 2.48. The van der Waals surface area contributed by atoms with Gasteiger partial charge in [0.2, 0.25) is 0 Å². The molecule has 0 unspecified atom stereocenters. The Bertz CT molecular complexity index is 1080. The van der Waals surface area contributed by atoms with Crippen molar-refractivity contribution in [2.45, 2.75) is 75.9 Å². The predicted molar refractivity (Wildman–Crippen MR) is 105 cm³/mol. The molecule has 7 nitrogen and oxygen atoms in total. The van der Waals surface area contributed by atoms with E-state index in [1.165, 1.54) is 0 Å². The second-order valence-corrected chi connectivity index (χ2v) is 9.58. The number of halogens is 1. The van der Waals surface area contributed by atoms with Gasteiger partial charge in [0.1, 0.15) is 26.9 Å². The highest BCUT2D eigenvalue weighted by molar-refractivity contribution is 7.11. The summed E-state index contributed by atoms with van der Waals surface area (Å²) >= 11 is 1.61. The van der Waals surface area contributed by atoms with Gasteiger partial charge in [-0.05, 0) is 52.4 Å². The topological polar surface area (TPSA) is 89.3 Å². The van der Waals surface area contributed by atoms with E-state index in [4.69, 9.17) is 4.98 Å². The normalized spacial score (nSPS) is 30.5. The van der Waals surface area contributed by atoms with E-state index in [1.54, 1.807) is 24.5 Å². The fourth-order valence-corrected chi connectivity index (χ4v) is 5.33. The first-order valence-electron chi connectivity index (χ1n) is 9.88. The summed E-state index contributed by atoms with van der Waals surface area (Å²) in [7, 11) is 0. The van der Waals surface area contributed by atoms with Crippen molar-refractivity contribution in [3.63, 3.8) is 0 Å². The molecule has 148 valence electrons. The Kier molecular flexibility index (Phi) is 4.12. The number of nitrogens with one attached hydrogen (secondary N) is 1. The summed E-state index contributed by atoms with van der Waals surface area (Å²) in [5, 5.41) is 15.3. The summed E-state index contributed by atoms with van der Waals surface area (Å²) in [6.07, 6.45) is 6.02. The third-order valence-corrected chi connectivity index (χ3v) is 7.28. The van der Waals surface area contributed by atoms with Crippen molar-refractivity contribution >= 4 is 22.4 Å². The van der Waals surface area contributed by atoms with Crippen LogP contribution in [0.5, 0.6) is 0 Å². The molecule has 3 heterocycles. The Hall–Kier alpha value is -2.16. The molecule has 2 aliphatic rings. The molecular formula is C19H23FN6OS. The number of rotatable bonds is 3. The van der Waals surface area contributed by atoms with Gasteiger partial charge in [-0.15, -0.1) is 21.5 Å². The lowest BCUT2D eigenvalue weighted by molar-refractivity contribution is 0.103. The molecule has 0 spiro atoms. The van der Waals surface area contributed by atoms with E-state index < -0.39 is 5.67 Å². The van der Waals surface area contributed by atoms with Crippen LogP contribution in [0, 0.1) is 6.92 Å². The van der Waals surface area contributed by atoms with Crippen LogP contribution in [0.25, 0.3) is 11.0 Å². The van der Waals surface area contributed by atoms with Crippen molar-refractivity contribution in [1.29, 1.82) is 0 Å². The van der Waals surface area contributed by atoms with Crippen molar-refractivity contribution in [3.05, 3.63) is 32.4 Å². The number of hydrogen-bond donors (Lipinski definition) is 1. The number of alkyl halides is 1. The maximum absolute atomic E-state index is 14.2. The number of aryl methyl sites for hydroxylation is 1. The van der Waals surface area contributed by atoms with Gasteiger partial charge in [-0.1, -0.05) is 0 Å². The number of H-pyrrole nitrogens is 1. The Morgan fingerprint density at radius 2 is 1.96 bits per heavy atom. The molecule has 2 saturated carbocycles. The minimum Gasteiger partial charge on any atom is -0.310 e. The van der Waals surface area contributed by atoms with E-state index in [-0.39, 0.29) is 23.4 Å². The number of fused-ring (bicyclic) bond motifs is 1. The largest absolute Gasteiger partial charge is 0.310 e. The van der Waals surface area contributed by atoms with Crippen LogP contribution in [0.15, 0.2) is 11.0 Å². The first-order chi connectivity index (χ1) is 13.4. The van der Waals surface area contributed by atoms with Crippen LogP contribution in [0.1, 0.15) is 79.2 Å². The zero-order valence-electron chi connectivity index (χ0n) is 16.0. The Morgan fingerprint density at radius 3 is 2.61 bits per heavy atom. The summed E-state index contributed by atoms with van der Waals surface area (Å²) in [4.78, 5) is 20.4. The second-order valence-electron chi connectivity index (χ2n) is 8.37. The lowest BCUT2D eigenvalue weighted by Crippen LogP contribution is -2.29. The minimum atomic E-state index is -1.10. The molecule has 28 heavy (non-hydrogen) atoms. The molecule has 0 aromatic carbocycles. The number of aromatic amines is 1. The molecule has 0 bridgehead atoms. The lowest BCUT2D eigenvalue weighted by Gasteiger charge is -2.34. The number of aromatic nitrogens is 6. The van der Waals surface area contributed by atoms with Crippen LogP contribution < -0.4 is 5.56 Å². The molecule has 0 radical (unpaired) electrons. The summed E-state index contributed by atoms with van der Waals surface area (Å²) in [5.41, 5.74) is -0.643. The molecule has 0 aliphatic heterocycles. The molecule has 3 aromatic rings. The average molecular weight is 402 g/mol. The van der Waals surface area contributed by atoms with Crippen LogP contribution in [0.4, 0.5) is 4.39 Å². The standard InChI is InChI=1S/C19H23FN6OS/c1-10-24-25-18(28-10)13-4-3-12(13)15-22-16-14(17(27)23-15)9-21-26(16)11-5-7-19(2,20)8-6-11/h9,11-13H,3-8H2,1-2H3,(H,22,23,27)/t11?,12-,13+,19?/m0/s1. The quantitative estimate of drug-likeness (QED) is 0.720. The van der Waals surface area contributed by atoms with Crippen LogP contribution in [0.3, 0.4) is 0 Å². The zero-order chi connectivity index (χ0) is 19.5. The summed E-state index contributed by atoms with van der Waals surface area (Å²) in [6, 6.07) is 0.0893. The third kappa shape index (κ3) is 2.96. The molecule has 3 aromatic heterocycles. The van der Waals surface area contributed by atoms with Gasteiger partial charge in [0, 0.05) is 11.8 Å². The fraction of sp³-hybridized carbons (Fsp3) is 0.632. The molecule has 2 fully saturated rings. The van der Waals surface area contributed by atoms with Gasteiger partial charge in [-0.25, -0.2) is 14.1 Å². The highest BCUT2D eigenvalue weighted by atomic mass is 32.1. The van der Waals surface area contributed by atoms with Gasteiger partial charge in [0.25, 0.3) is 5.56 Å². The first kappa shape index (κ1) is 17.9. The molecule has 1 N–H and O–H groups in total. The van der Waals surface area contributed by atoms with Crippen LogP contribution in [-0.4, -0.2) is 35.6 Å². The molecule has 0 saturated heterocycles. The Labute approximate surface area is 165 Å². The van der Waals surface area contributed by atoms with Crippen LogP contribution in [-0.2, 0) is 0 Å². The second kappa shape index (κ2) is 6.43. The van der Waals surface area contributed by atoms with Crippen molar-refractivity contribution in [3.8, 4) is 0 Å². The smallest absolute Gasteiger partial charge is 0.262 e. The van der Waals surface area contributed by atoms with E-state index in [9.17, 15) is 9.18 Å². The van der Waals surface area contributed by atoms with E-state index in [0.717, 1.165) is 22.9 Å². The number of hydrogen-bond acceptors (Lipinski definition) is 6. The lowest BCUT2D eigenvalue weighted by atomic mass is 9.73. The van der Waals surface area contributed by atoms with E-state index in [0.29, 0.717) is 42.5 Å². The average Bonchev–Trinajstić information content (AvgIpc) is 3.21. The zero-order valence-corrected chi connectivity index (χ0v) is 16.8. The van der Waals surface area contributed by atoms with Crippen LogP contribution in [0.2, 0.25) is 0 Å². The van der Waals surface area contributed by atoms with Gasteiger partial charge in [0.15, 0.2) is 5.65 Å². The Morgan fingerprint density at radius 1 is 1.21 bits per heavy atom. The molecular weight excluding hydrogens is 379 g/mol. The van der Waals surface area contributed by atoms with Gasteiger partial charge >= 0.3 is 0 Å². The van der Waals surface area contributed by atoms with Crippen molar-refractivity contribution in [2.24, 2.45) is 0 Å². The SMILES string of the molecule is Cc1nnc([C@@H]2CC[C@@H]2c2nc3c(cnn3C3CCC(C)(F)CC3)c(=O)[nH]2)s1. The van der Waals surface area contributed by atoms with Crippen molar-refractivity contribution in [2.75, 3.05) is 0 Å². The molecule has 2 aliphatic carbocycles. The molecule has 2 atom stereocenters. The van der Waals surface area contributed by atoms with Gasteiger partial charge < -0.3 is 4.98 Å². The molecule has 5 rings (SSSR count). The van der Waals surface area contributed by atoms with Crippen molar-refractivity contribution in [1.82, 2.24) is 29.9 Å². The maximum atomic E-state index is 14.2. The van der Waals surface area contributed by atoms with E-state index in [2.05, 4.69) is 20.3 Å². The fourth-order valence-electron chi connectivity index (χ4n) is 4.43. The summed E-state index contributed by atoms with van der Waals surface area (Å²) in [6.45, 7) is 3.61. The summed E-state index contributed by atoms with van der Waals surface area (Å²) < 4.78 is 16.0. The Balaban J connectivity index is 1.49. The molecule has 9 heteroatoms. The van der Waals surface area contributed by atoms with Gasteiger partial charge in [0.05, 0.1) is 12.2 Å². The molecule has 0 amide bonds. The monoisotopic (exact) mass is 402 g/mol. The minimum absolute atomic E-state index is 0.0893. The highest BCUT2D eigenvalue weighted by Gasteiger charge is 2.38. The van der Waals surface area contributed by atoms with E-state index in [1.807, 2.05) is 11.6 Å². The predicted octanol–water partition coefficient (Wildman–Crippen LogP) is 3.78. The van der Waals surface area contributed by atoms with E-state index >= 15 is 0 Å². The van der Waals surface area contributed by atoms with Crippen molar-refractivity contribution < 1.29 is 4.39 Å². The third-order valence-electron chi connectivity index (χ3n) is 6.31. The maximum Gasteiger partial charge on any atom is 0.262 e.